The molecule has 1 aromatic rings. The Morgan fingerprint density at radius 3 is 1.35 bits per heavy atom. The molecular weight excluding hydrogens is 1350 g/mol. The zero-order valence-electron chi connectivity index (χ0n) is 58.7. The number of benzene rings is 1. The molecule has 13 atom stereocenters. The summed E-state index contributed by atoms with van der Waals surface area (Å²) in [4.78, 5) is 183. The number of nitrogens with zero attached hydrogens (tertiary/aromatic N) is 5. The highest BCUT2D eigenvalue weighted by atomic mass is 16.4. The summed E-state index contributed by atoms with van der Waals surface area (Å²) >= 11 is 0. The number of nitrogens with one attached hydrogen (secondary N) is 10. The van der Waals surface area contributed by atoms with E-state index in [1.54, 1.807) is 44.2 Å². The van der Waals surface area contributed by atoms with E-state index in [1.807, 2.05) is 5.32 Å². The first-order chi connectivity index (χ1) is 48.6. The standard InChI is InChI=1S/C62H109N25O16/c1-32(2)45(85-52(96)41(29-35-15-6-5-7-16-35)82-48(92)36(64)17-8-9-23-63)55(99)80-38(19-11-25-74-60(67)68)50(94)83-42(30-88)53(97)78-37(18-10-24-73-59(65)66)49(93)81-40(21-13-27-76-62(71)72)57(101)87-28-14-22-44(87)54(98)79-39(20-12-26-75-61(69)70)51(95)86-46(34(4)90)56(100)77-33(3)47(91)84-43(31-89)58(102)103/h5-7,15-16,32-34,36-46,88-90H,8-14,17-31,63-64H2,1-4H3,(H,77,100)(H,78,97)(H,79,98)(H,80,99)(H,81,93)(H,82,92)(H,83,94)(H,84,91)(H,85,96)(H,86,95)(H,102,103)(H4,65,66,73)(H4,67,68,74)(H4,69,70,75)(H4,71,72,76)/t33-,34+,36-,37-,38-,39-,40-,41-,42-,43-,44-,45-,46-/m0/s1. The number of likely N-dealkylation sites (tertiary alicyclic amines) is 1. The van der Waals surface area contributed by atoms with Crippen molar-refractivity contribution in [3.8, 4) is 0 Å². The normalized spacial score (nSPS) is 16.0. The number of carbonyl (C=O) groups excluding carboxylic acids is 11. The number of carbonyl (C=O) groups is 12. The van der Waals surface area contributed by atoms with E-state index in [0.717, 1.165) is 18.7 Å². The van der Waals surface area contributed by atoms with Gasteiger partial charge in [-0.05, 0) is 109 Å². The molecule has 0 aliphatic carbocycles. The first-order valence-electron chi connectivity index (χ1n) is 33.8. The SMILES string of the molecule is CC(C)[C@H](NC(=O)[C@H](Cc1ccccc1)NC(=O)[C@@H](N)CCCCN)C(=O)N[C@@H](CCCN=C(N)N)C(=O)N[C@@H](CO)C(=O)N[C@@H](CCCN=C(N)N)C(=O)N[C@@H](CCCN=C(N)N)C(=O)N1CCC[C@H]1C(=O)N[C@@H](CCCN=C(N)N)C(=O)N[C@H](C(=O)N[C@@H](C)C(=O)N[C@@H](CO)C(=O)O)[C@@H](C)O. The van der Waals surface area contributed by atoms with Gasteiger partial charge in [-0.25, -0.2) is 4.79 Å². The van der Waals surface area contributed by atoms with Crippen LogP contribution in [0.1, 0.15) is 117 Å². The summed E-state index contributed by atoms with van der Waals surface area (Å²) in [6, 6.07) is -9.07. The molecule has 0 radical (unpaired) electrons. The van der Waals surface area contributed by atoms with Gasteiger partial charge in [0.25, 0.3) is 0 Å². The van der Waals surface area contributed by atoms with Crippen LogP contribution in [0.3, 0.4) is 0 Å². The molecule has 103 heavy (non-hydrogen) atoms. The highest BCUT2D eigenvalue weighted by molar-refractivity contribution is 6.00. The van der Waals surface area contributed by atoms with Gasteiger partial charge in [0, 0.05) is 39.1 Å². The van der Waals surface area contributed by atoms with Crippen LogP contribution < -0.4 is 111 Å². The lowest BCUT2D eigenvalue weighted by atomic mass is 9.99. The Bertz CT molecular complexity index is 3070. The van der Waals surface area contributed by atoms with E-state index in [1.165, 1.54) is 0 Å². The van der Waals surface area contributed by atoms with Gasteiger partial charge in [-0.1, -0.05) is 50.6 Å². The van der Waals surface area contributed by atoms with Crippen LogP contribution in [-0.4, -0.2) is 251 Å². The summed E-state index contributed by atoms with van der Waals surface area (Å²) in [6.07, 6.45) is -0.634. The predicted octanol–water partition coefficient (Wildman–Crippen LogP) is -10.1. The molecular formula is C62H109N25O16. The average Bonchev–Trinajstić information content (AvgIpc) is 1.75. The minimum atomic E-state index is -1.84. The molecule has 0 aromatic heterocycles. The molecule has 1 heterocycles. The summed E-state index contributed by atoms with van der Waals surface area (Å²) in [6.45, 7) is 3.55. The molecule has 1 aliphatic rings. The van der Waals surface area contributed by atoms with Crippen molar-refractivity contribution >= 4 is 94.8 Å². The van der Waals surface area contributed by atoms with Gasteiger partial charge < -0.3 is 136 Å². The van der Waals surface area contributed by atoms with Crippen LogP contribution in [0, 0.1) is 5.92 Å². The Kier molecular flexibility index (Phi) is 40.6. The van der Waals surface area contributed by atoms with Gasteiger partial charge in [0.15, 0.2) is 23.8 Å². The lowest BCUT2D eigenvalue weighted by molar-refractivity contribution is -0.143. The third kappa shape index (κ3) is 33.4. The number of aliphatic hydroxyl groups is 3. The molecule has 1 saturated heterocycles. The molecule has 2 rings (SSSR count). The van der Waals surface area contributed by atoms with Crippen molar-refractivity contribution in [1.82, 2.24) is 58.1 Å². The highest BCUT2D eigenvalue weighted by Gasteiger charge is 2.41. The van der Waals surface area contributed by atoms with Crippen molar-refractivity contribution in [2.45, 2.75) is 196 Å². The number of amides is 11. The molecule has 41 nitrogen and oxygen atoms in total. The van der Waals surface area contributed by atoms with Crippen LogP contribution in [0.25, 0.3) is 0 Å². The van der Waals surface area contributed by atoms with E-state index in [2.05, 4.69) is 67.8 Å². The van der Waals surface area contributed by atoms with Gasteiger partial charge in [0.2, 0.25) is 65.0 Å². The van der Waals surface area contributed by atoms with Crippen molar-refractivity contribution in [3.63, 3.8) is 0 Å². The largest absolute Gasteiger partial charge is 0.480 e. The second-order valence-electron chi connectivity index (χ2n) is 24.9. The third-order valence-corrected chi connectivity index (χ3v) is 16.0. The van der Waals surface area contributed by atoms with E-state index < -0.39 is 169 Å². The molecule has 1 aromatic carbocycles. The maximum atomic E-state index is 14.9. The molecule has 34 N–H and O–H groups in total. The van der Waals surface area contributed by atoms with Gasteiger partial charge in [0.05, 0.1) is 25.4 Å². The number of guanidine groups is 4. The quantitative estimate of drug-likeness (QED) is 0.0164. The number of nitrogens with two attached hydrogens (primary N) is 10. The fraction of sp³-hybridized carbons (Fsp3) is 0.645. The lowest BCUT2D eigenvalue weighted by Gasteiger charge is -2.31. The number of aliphatic imine (C=N–C) groups is 4. The van der Waals surface area contributed by atoms with Gasteiger partial charge in [-0.3, -0.25) is 72.7 Å². The monoisotopic (exact) mass is 1460 g/mol. The Hall–Kier alpha value is -10.3. The highest BCUT2D eigenvalue weighted by Crippen LogP contribution is 2.21. The number of hydrogen-bond acceptors (Lipinski definition) is 21. The molecule has 1 fully saturated rings. The summed E-state index contributed by atoms with van der Waals surface area (Å²) in [7, 11) is 0. The van der Waals surface area contributed by atoms with Crippen LogP contribution >= 0.6 is 0 Å². The van der Waals surface area contributed by atoms with E-state index >= 15 is 0 Å². The van der Waals surface area contributed by atoms with Crippen molar-refractivity contribution in [1.29, 1.82) is 0 Å². The number of aliphatic hydroxyl groups excluding tert-OH is 3. The number of rotatable bonds is 48. The third-order valence-electron chi connectivity index (χ3n) is 16.0. The number of carboxylic acid groups (broad SMARTS) is 1. The van der Waals surface area contributed by atoms with Crippen LogP contribution in [-0.2, 0) is 64.0 Å². The fourth-order valence-corrected chi connectivity index (χ4v) is 10.4. The summed E-state index contributed by atoms with van der Waals surface area (Å²) in [5.74, 6) is -13.7. The second kappa shape index (κ2) is 47.0. The maximum Gasteiger partial charge on any atom is 0.328 e. The maximum absolute atomic E-state index is 14.9. The van der Waals surface area contributed by atoms with Crippen LogP contribution in [0.4, 0.5) is 0 Å². The van der Waals surface area contributed by atoms with Crippen molar-refractivity contribution < 1.29 is 78.0 Å². The van der Waals surface area contributed by atoms with E-state index in [9.17, 15) is 78.0 Å². The molecule has 0 unspecified atom stereocenters. The van der Waals surface area contributed by atoms with Gasteiger partial charge in [0.1, 0.15) is 66.5 Å². The smallest absolute Gasteiger partial charge is 0.328 e. The number of hydrogen-bond donors (Lipinski definition) is 24. The summed E-state index contributed by atoms with van der Waals surface area (Å²) < 4.78 is 0. The molecule has 0 bridgehead atoms. The van der Waals surface area contributed by atoms with Gasteiger partial charge in [-0.2, -0.15) is 0 Å². The fourth-order valence-electron chi connectivity index (χ4n) is 10.4. The Morgan fingerprint density at radius 2 is 0.883 bits per heavy atom. The summed E-state index contributed by atoms with van der Waals surface area (Å²) in [5.41, 5.74) is 56.9. The molecule has 0 saturated carbocycles. The Labute approximate surface area is 596 Å². The van der Waals surface area contributed by atoms with Crippen LogP contribution in [0.15, 0.2) is 50.3 Å². The lowest BCUT2D eigenvalue weighted by Crippen LogP contribution is -2.61. The van der Waals surface area contributed by atoms with Crippen molar-refractivity contribution in [3.05, 3.63) is 35.9 Å². The van der Waals surface area contributed by atoms with Crippen molar-refractivity contribution in [2.75, 3.05) is 52.5 Å². The Morgan fingerprint density at radius 1 is 0.476 bits per heavy atom. The topological polar surface area (TPSA) is 719 Å². The molecule has 578 valence electrons. The summed E-state index contributed by atoms with van der Waals surface area (Å²) in [5, 5.41) is 64.8. The Balaban J connectivity index is 2.55. The zero-order chi connectivity index (χ0) is 77.5. The zero-order valence-corrected chi connectivity index (χ0v) is 58.7. The van der Waals surface area contributed by atoms with E-state index in [4.69, 9.17) is 57.3 Å². The van der Waals surface area contributed by atoms with E-state index in [0.29, 0.717) is 24.9 Å². The minimum absolute atomic E-state index is 0.000814. The van der Waals surface area contributed by atoms with E-state index in [-0.39, 0.29) is 134 Å². The first kappa shape index (κ1) is 88.8. The average molecular weight is 1460 g/mol. The minimum Gasteiger partial charge on any atom is -0.480 e. The molecule has 41 heteroatoms. The van der Waals surface area contributed by atoms with Gasteiger partial charge >= 0.3 is 5.97 Å². The second-order valence-corrected chi connectivity index (χ2v) is 24.9. The van der Waals surface area contributed by atoms with Crippen LogP contribution in [0.5, 0.6) is 0 Å². The van der Waals surface area contributed by atoms with Crippen molar-refractivity contribution in [2.24, 2.45) is 83.2 Å². The van der Waals surface area contributed by atoms with Gasteiger partial charge in [-0.15, -0.1) is 0 Å². The van der Waals surface area contributed by atoms with Crippen LogP contribution in [0.2, 0.25) is 0 Å². The molecule has 11 amide bonds. The molecule has 1 aliphatic heterocycles. The molecule has 0 spiro atoms. The predicted molar refractivity (Wildman–Crippen MR) is 379 cm³/mol. The number of aliphatic carboxylic acids is 1. The number of unbranched alkanes of at least 4 members (excludes halogenated alkanes) is 1. The first-order valence-corrected chi connectivity index (χ1v) is 33.8. The number of carboxylic acids is 1.